The molecule has 1 fully saturated rings. The van der Waals surface area contributed by atoms with Gasteiger partial charge in [0.05, 0.1) is 0 Å². The molecule has 1 aromatic carbocycles. The van der Waals surface area contributed by atoms with Gasteiger partial charge in [0.1, 0.15) is 0 Å². The summed E-state index contributed by atoms with van der Waals surface area (Å²) in [6, 6.07) is 9.87. The van der Waals surface area contributed by atoms with Gasteiger partial charge in [-0.05, 0) is 12.0 Å². The summed E-state index contributed by atoms with van der Waals surface area (Å²) < 4.78 is 4.80. The van der Waals surface area contributed by atoms with E-state index in [2.05, 4.69) is 5.32 Å². The summed E-state index contributed by atoms with van der Waals surface area (Å²) in [5.41, 5.74) is 1.16. The van der Waals surface area contributed by atoms with Gasteiger partial charge in [-0.1, -0.05) is 30.3 Å². The Morgan fingerprint density at radius 1 is 1.38 bits per heavy atom. The molecule has 1 radical (unpaired) electrons. The predicted octanol–water partition coefficient (Wildman–Crippen LogP) is 0.222. The summed E-state index contributed by atoms with van der Waals surface area (Å²) in [5, 5.41) is 2.71. The third-order valence-electron chi connectivity index (χ3n) is 2.42. The van der Waals surface area contributed by atoms with Gasteiger partial charge in [-0.15, -0.1) is 0 Å². The number of carbonyl (C=O) groups is 1. The molecule has 1 aliphatic heterocycles. The van der Waals surface area contributed by atoms with Crippen LogP contribution < -0.4 is 5.32 Å². The lowest BCUT2D eigenvalue weighted by Gasteiger charge is -2.02. The second-order valence-electron chi connectivity index (χ2n) is 3.62. The molecule has 1 aromatic rings. The van der Waals surface area contributed by atoms with Crippen molar-refractivity contribution < 1.29 is 14.3 Å². The maximum absolute atomic E-state index is 11.3. The summed E-state index contributed by atoms with van der Waals surface area (Å²) in [6.07, 6.45) is 1.14. The zero-order chi connectivity index (χ0) is 11.4. The zero-order valence-electron chi connectivity index (χ0n) is 8.68. The van der Waals surface area contributed by atoms with Gasteiger partial charge < -0.3 is 10.1 Å². The third kappa shape index (κ3) is 2.67. The number of hydrogen-bond donors (Lipinski definition) is 1. The molecule has 16 heavy (non-hydrogen) atoms. The first-order valence-electron chi connectivity index (χ1n) is 5.16. The van der Waals surface area contributed by atoms with Crippen molar-refractivity contribution >= 4 is 12.2 Å². The van der Waals surface area contributed by atoms with Crippen molar-refractivity contribution in [1.82, 2.24) is 5.32 Å². The van der Waals surface area contributed by atoms with Gasteiger partial charge in [0.2, 0.25) is 6.29 Å². The highest BCUT2D eigenvalue weighted by Crippen LogP contribution is 2.19. The monoisotopic (exact) mass is 218 g/mol. The van der Waals surface area contributed by atoms with Gasteiger partial charge in [0.25, 0.3) is 5.91 Å². The molecular formula is C12H12NO3. The maximum Gasteiger partial charge on any atom is 0.252 e. The summed E-state index contributed by atoms with van der Waals surface area (Å²) in [7, 11) is 0. The molecule has 1 heterocycles. The Kier molecular flexibility index (Phi) is 3.31. The standard InChI is InChI=1S/C12H12NO3/c14-8-10-11(16-10)12(15)13-7-6-9-4-2-1-3-5-9/h1-5,10-11H,6-7H2,(H,13,15)/t10-,11+/m1/s1. The number of epoxide rings is 1. The normalized spacial score (nSPS) is 22.5. The van der Waals surface area contributed by atoms with E-state index in [1.54, 1.807) is 6.29 Å². The lowest BCUT2D eigenvalue weighted by atomic mass is 10.1. The first-order valence-corrected chi connectivity index (χ1v) is 5.16. The minimum absolute atomic E-state index is 0.232. The molecule has 0 aromatic heterocycles. The zero-order valence-corrected chi connectivity index (χ0v) is 8.68. The lowest BCUT2D eigenvalue weighted by Crippen LogP contribution is -2.30. The first-order chi connectivity index (χ1) is 7.81. The number of benzene rings is 1. The summed E-state index contributed by atoms with van der Waals surface area (Å²) in [4.78, 5) is 21.5. The molecule has 4 heteroatoms. The molecule has 1 amide bonds. The summed E-state index contributed by atoms with van der Waals surface area (Å²) >= 11 is 0. The van der Waals surface area contributed by atoms with Crippen molar-refractivity contribution in [3.63, 3.8) is 0 Å². The van der Waals surface area contributed by atoms with Crippen LogP contribution in [-0.2, 0) is 20.7 Å². The van der Waals surface area contributed by atoms with E-state index in [9.17, 15) is 9.59 Å². The molecule has 0 unspecified atom stereocenters. The molecule has 0 bridgehead atoms. The molecule has 1 saturated heterocycles. The van der Waals surface area contributed by atoms with Gasteiger partial charge >= 0.3 is 0 Å². The van der Waals surface area contributed by atoms with Crippen molar-refractivity contribution in [3.8, 4) is 0 Å². The Balaban J connectivity index is 1.69. The van der Waals surface area contributed by atoms with Crippen LogP contribution in [0.25, 0.3) is 0 Å². The number of nitrogens with one attached hydrogen (secondary N) is 1. The van der Waals surface area contributed by atoms with Crippen LogP contribution in [0.15, 0.2) is 30.3 Å². The van der Waals surface area contributed by atoms with Crippen molar-refractivity contribution in [2.24, 2.45) is 0 Å². The van der Waals surface area contributed by atoms with Gasteiger partial charge in [-0.3, -0.25) is 9.59 Å². The van der Waals surface area contributed by atoms with E-state index in [0.29, 0.717) is 6.54 Å². The molecule has 0 aliphatic carbocycles. The van der Waals surface area contributed by atoms with Gasteiger partial charge in [0.15, 0.2) is 12.2 Å². The van der Waals surface area contributed by atoms with Crippen molar-refractivity contribution in [3.05, 3.63) is 35.9 Å². The van der Waals surface area contributed by atoms with Gasteiger partial charge in [-0.2, -0.15) is 0 Å². The van der Waals surface area contributed by atoms with Crippen LogP contribution in [0.2, 0.25) is 0 Å². The van der Waals surface area contributed by atoms with Crippen molar-refractivity contribution in [1.29, 1.82) is 0 Å². The summed E-state index contributed by atoms with van der Waals surface area (Å²) in [5.74, 6) is -0.232. The van der Waals surface area contributed by atoms with Crippen LogP contribution in [0, 0.1) is 0 Å². The predicted molar refractivity (Wildman–Crippen MR) is 57.5 cm³/mol. The van der Waals surface area contributed by atoms with E-state index >= 15 is 0 Å². The van der Waals surface area contributed by atoms with Crippen molar-refractivity contribution in [2.75, 3.05) is 6.54 Å². The molecule has 2 atom stereocenters. The number of carbonyl (C=O) groups excluding carboxylic acids is 2. The minimum Gasteiger partial charge on any atom is -0.353 e. The second kappa shape index (κ2) is 4.90. The molecule has 0 spiro atoms. The van der Waals surface area contributed by atoms with Crippen LogP contribution >= 0.6 is 0 Å². The Morgan fingerprint density at radius 2 is 2.12 bits per heavy atom. The minimum atomic E-state index is -0.656. The van der Waals surface area contributed by atoms with Crippen LogP contribution in [0.5, 0.6) is 0 Å². The quantitative estimate of drug-likeness (QED) is 0.719. The van der Waals surface area contributed by atoms with Crippen LogP contribution in [0.3, 0.4) is 0 Å². The van der Waals surface area contributed by atoms with E-state index in [-0.39, 0.29) is 5.91 Å². The SMILES string of the molecule is O=[C][C@H]1O[C@@H]1C(=O)NCCc1ccccc1. The molecule has 0 saturated carbocycles. The Bertz CT molecular complexity index is 377. The first kappa shape index (κ1) is 10.8. The molecule has 4 nitrogen and oxygen atoms in total. The largest absolute Gasteiger partial charge is 0.353 e. The third-order valence-corrected chi connectivity index (χ3v) is 2.42. The molecule has 83 valence electrons. The summed E-state index contributed by atoms with van der Waals surface area (Å²) in [6.45, 7) is 0.550. The highest BCUT2D eigenvalue weighted by atomic mass is 16.6. The second-order valence-corrected chi connectivity index (χ2v) is 3.62. The number of hydrogen-bond acceptors (Lipinski definition) is 3. The van der Waals surface area contributed by atoms with Crippen LogP contribution in [0.4, 0.5) is 0 Å². The maximum atomic E-state index is 11.3. The Hall–Kier alpha value is -1.68. The van der Waals surface area contributed by atoms with E-state index < -0.39 is 12.2 Å². The average Bonchev–Trinajstić information content (AvgIpc) is 3.09. The molecule has 2 rings (SSSR count). The van der Waals surface area contributed by atoms with Crippen LogP contribution in [0.1, 0.15) is 5.56 Å². The van der Waals surface area contributed by atoms with E-state index in [1.165, 1.54) is 0 Å². The lowest BCUT2D eigenvalue weighted by molar-refractivity contribution is -0.122. The average molecular weight is 218 g/mol. The van der Waals surface area contributed by atoms with E-state index in [1.807, 2.05) is 30.3 Å². The Morgan fingerprint density at radius 3 is 2.75 bits per heavy atom. The van der Waals surface area contributed by atoms with Gasteiger partial charge in [-0.25, -0.2) is 0 Å². The van der Waals surface area contributed by atoms with E-state index in [0.717, 1.165) is 12.0 Å². The van der Waals surface area contributed by atoms with Crippen molar-refractivity contribution in [2.45, 2.75) is 18.6 Å². The fourth-order valence-corrected chi connectivity index (χ4v) is 1.48. The van der Waals surface area contributed by atoms with E-state index in [4.69, 9.17) is 4.74 Å². The fourth-order valence-electron chi connectivity index (χ4n) is 1.48. The molecular weight excluding hydrogens is 206 g/mol. The number of ether oxygens (including phenoxy) is 1. The topological polar surface area (TPSA) is 58.7 Å². The number of rotatable bonds is 5. The van der Waals surface area contributed by atoms with Crippen LogP contribution in [-0.4, -0.2) is 30.9 Å². The highest BCUT2D eigenvalue weighted by molar-refractivity contribution is 5.88. The Labute approximate surface area is 93.6 Å². The molecule has 1 N–H and O–H groups in total. The number of amides is 1. The molecule has 1 aliphatic rings. The van der Waals surface area contributed by atoms with Gasteiger partial charge in [0, 0.05) is 6.54 Å². The highest BCUT2D eigenvalue weighted by Gasteiger charge is 2.45. The smallest absolute Gasteiger partial charge is 0.252 e. The fraction of sp³-hybridized carbons (Fsp3) is 0.333.